The lowest BCUT2D eigenvalue weighted by molar-refractivity contribution is 0.305. The van der Waals surface area contributed by atoms with Gasteiger partial charge in [0.2, 0.25) is 0 Å². The van der Waals surface area contributed by atoms with E-state index >= 15 is 0 Å². The average molecular weight is 284 g/mol. The Morgan fingerprint density at radius 2 is 2.39 bits per heavy atom. The van der Waals surface area contributed by atoms with Gasteiger partial charge in [-0.2, -0.15) is 0 Å². The molecule has 0 aliphatic heterocycles. The van der Waals surface area contributed by atoms with Crippen molar-refractivity contribution in [2.24, 2.45) is 10.9 Å². The number of hydrogen-bond donors (Lipinski definition) is 2. The number of amidine groups is 1. The number of halogens is 1. The summed E-state index contributed by atoms with van der Waals surface area (Å²) in [5.74, 6) is 0.532. The normalized spacial score (nSPS) is 11.5. The SMILES string of the molecule is NC(=NO)c1ccc(OCc2nccs2)c(Cl)c1. The van der Waals surface area contributed by atoms with Crippen molar-refractivity contribution >= 4 is 28.8 Å². The Hall–Kier alpha value is -1.79. The van der Waals surface area contributed by atoms with Crippen molar-refractivity contribution < 1.29 is 9.94 Å². The fourth-order valence-corrected chi connectivity index (χ4v) is 2.06. The molecule has 18 heavy (non-hydrogen) atoms. The van der Waals surface area contributed by atoms with Crippen LogP contribution in [0.25, 0.3) is 0 Å². The number of aromatic nitrogens is 1. The molecular formula is C11H10ClN3O2S. The van der Waals surface area contributed by atoms with Gasteiger partial charge in [0, 0.05) is 17.1 Å². The third-order valence-corrected chi connectivity index (χ3v) is 3.22. The molecule has 1 aromatic heterocycles. The van der Waals surface area contributed by atoms with Crippen molar-refractivity contribution in [3.63, 3.8) is 0 Å². The topological polar surface area (TPSA) is 80.7 Å². The number of hydrogen-bond acceptors (Lipinski definition) is 5. The summed E-state index contributed by atoms with van der Waals surface area (Å²) in [6.45, 7) is 0.361. The zero-order valence-corrected chi connectivity index (χ0v) is 10.8. The van der Waals surface area contributed by atoms with Crippen LogP contribution in [0.15, 0.2) is 34.9 Å². The minimum atomic E-state index is 0.00312. The quantitative estimate of drug-likeness (QED) is 0.391. The average Bonchev–Trinajstić information content (AvgIpc) is 2.89. The molecule has 0 aliphatic carbocycles. The van der Waals surface area contributed by atoms with Gasteiger partial charge in [-0.1, -0.05) is 16.8 Å². The summed E-state index contributed by atoms with van der Waals surface area (Å²) in [5, 5.41) is 14.6. The van der Waals surface area contributed by atoms with E-state index in [1.807, 2.05) is 5.38 Å². The van der Waals surface area contributed by atoms with Crippen molar-refractivity contribution in [2.45, 2.75) is 6.61 Å². The molecule has 0 aliphatic rings. The number of rotatable bonds is 4. The van der Waals surface area contributed by atoms with Gasteiger partial charge in [0.1, 0.15) is 17.4 Å². The minimum Gasteiger partial charge on any atom is -0.485 e. The van der Waals surface area contributed by atoms with Crippen LogP contribution in [0.1, 0.15) is 10.6 Å². The molecule has 1 heterocycles. The summed E-state index contributed by atoms with van der Waals surface area (Å²) in [4.78, 5) is 4.10. The monoisotopic (exact) mass is 283 g/mol. The summed E-state index contributed by atoms with van der Waals surface area (Å²) >= 11 is 7.54. The molecule has 0 spiro atoms. The maximum Gasteiger partial charge on any atom is 0.170 e. The van der Waals surface area contributed by atoms with Crippen LogP contribution in [0.3, 0.4) is 0 Å². The van der Waals surface area contributed by atoms with Crippen molar-refractivity contribution in [1.29, 1.82) is 0 Å². The predicted octanol–water partition coefficient (Wildman–Crippen LogP) is 2.47. The minimum absolute atomic E-state index is 0.00312. The van der Waals surface area contributed by atoms with E-state index in [4.69, 9.17) is 27.3 Å². The maximum atomic E-state index is 8.56. The maximum absolute atomic E-state index is 8.56. The second-order valence-electron chi connectivity index (χ2n) is 3.34. The predicted molar refractivity (Wildman–Crippen MR) is 70.4 cm³/mol. The summed E-state index contributed by atoms with van der Waals surface area (Å²) in [7, 11) is 0. The number of nitrogens with two attached hydrogens (primary N) is 1. The van der Waals surface area contributed by atoms with Gasteiger partial charge in [-0.05, 0) is 18.2 Å². The van der Waals surface area contributed by atoms with Gasteiger partial charge in [-0.15, -0.1) is 11.3 Å². The van der Waals surface area contributed by atoms with Gasteiger partial charge in [-0.3, -0.25) is 0 Å². The number of thiazole rings is 1. The van der Waals surface area contributed by atoms with Crippen LogP contribution in [0.2, 0.25) is 5.02 Å². The molecule has 94 valence electrons. The first-order valence-electron chi connectivity index (χ1n) is 4.99. The lowest BCUT2D eigenvalue weighted by atomic mass is 10.2. The van der Waals surface area contributed by atoms with E-state index < -0.39 is 0 Å². The van der Waals surface area contributed by atoms with Crippen LogP contribution in [-0.4, -0.2) is 16.0 Å². The van der Waals surface area contributed by atoms with E-state index in [2.05, 4.69) is 10.1 Å². The Labute approximate surface area is 112 Å². The van der Waals surface area contributed by atoms with Crippen LogP contribution in [0, 0.1) is 0 Å². The van der Waals surface area contributed by atoms with E-state index in [0.717, 1.165) is 5.01 Å². The number of oxime groups is 1. The molecular weight excluding hydrogens is 274 g/mol. The number of nitrogens with zero attached hydrogens (tertiary/aromatic N) is 2. The smallest absolute Gasteiger partial charge is 0.170 e. The van der Waals surface area contributed by atoms with Crippen LogP contribution in [0.5, 0.6) is 5.75 Å². The fourth-order valence-electron chi connectivity index (χ4n) is 1.30. The van der Waals surface area contributed by atoms with Crippen molar-refractivity contribution in [3.8, 4) is 5.75 Å². The molecule has 0 fully saturated rings. The van der Waals surface area contributed by atoms with Crippen LogP contribution in [-0.2, 0) is 6.61 Å². The second kappa shape index (κ2) is 5.70. The summed E-state index contributed by atoms with van der Waals surface area (Å²) in [6.07, 6.45) is 1.71. The Morgan fingerprint density at radius 1 is 1.56 bits per heavy atom. The molecule has 2 aromatic rings. The van der Waals surface area contributed by atoms with Gasteiger partial charge < -0.3 is 15.7 Å². The molecule has 0 atom stereocenters. The van der Waals surface area contributed by atoms with E-state index in [-0.39, 0.29) is 5.84 Å². The molecule has 3 N–H and O–H groups in total. The first-order valence-corrected chi connectivity index (χ1v) is 6.25. The standard InChI is InChI=1S/C11H10ClN3O2S/c12-8-5-7(11(13)15-16)1-2-9(8)17-6-10-14-3-4-18-10/h1-5,16H,6H2,(H2,13,15). The molecule has 1 aromatic carbocycles. The van der Waals surface area contributed by atoms with Gasteiger partial charge in [0.15, 0.2) is 5.84 Å². The number of benzene rings is 1. The summed E-state index contributed by atoms with van der Waals surface area (Å²) in [6, 6.07) is 4.91. The zero-order chi connectivity index (χ0) is 13.0. The van der Waals surface area contributed by atoms with Gasteiger partial charge >= 0.3 is 0 Å². The molecule has 0 amide bonds. The third-order valence-electron chi connectivity index (χ3n) is 2.17. The first kappa shape index (κ1) is 12.7. The fraction of sp³-hybridized carbons (Fsp3) is 0.0909. The first-order chi connectivity index (χ1) is 8.70. The lowest BCUT2D eigenvalue weighted by Gasteiger charge is -2.07. The second-order valence-corrected chi connectivity index (χ2v) is 4.73. The molecule has 0 saturated heterocycles. The highest BCUT2D eigenvalue weighted by atomic mass is 35.5. The molecule has 2 rings (SSSR count). The molecule has 0 bridgehead atoms. The molecule has 7 heteroatoms. The lowest BCUT2D eigenvalue weighted by Crippen LogP contribution is -2.12. The highest BCUT2D eigenvalue weighted by Gasteiger charge is 2.07. The summed E-state index contributed by atoms with van der Waals surface area (Å²) in [5.41, 5.74) is 5.99. The van der Waals surface area contributed by atoms with E-state index in [9.17, 15) is 0 Å². The van der Waals surface area contributed by atoms with Crippen molar-refractivity contribution in [3.05, 3.63) is 45.4 Å². The Bertz CT molecular complexity index is 557. The van der Waals surface area contributed by atoms with Crippen LogP contribution < -0.4 is 10.5 Å². The van der Waals surface area contributed by atoms with E-state index in [1.165, 1.54) is 11.3 Å². The Balaban J connectivity index is 2.10. The zero-order valence-electron chi connectivity index (χ0n) is 9.21. The van der Waals surface area contributed by atoms with Gasteiger partial charge in [-0.25, -0.2) is 4.98 Å². The van der Waals surface area contributed by atoms with Gasteiger partial charge in [0.05, 0.1) is 5.02 Å². The van der Waals surface area contributed by atoms with Crippen molar-refractivity contribution in [2.75, 3.05) is 0 Å². The molecule has 5 nitrogen and oxygen atoms in total. The van der Waals surface area contributed by atoms with Gasteiger partial charge in [0.25, 0.3) is 0 Å². The third kappa shape index (κ3) is 2.91. The highest BCUT2D eigenvalue weighted by Crippen LogP contribution is 2.26. The summed E-state index contributed by atoms with van der Waals surface area (Å²) < 4.78 is 5.52. The van der Waals surface area contributed by atoms with E-state index in [0.29, 0.717) is 22.9 Å². The van der Waals surface area contributed by atoms with Crippen LogP contribution in [0.4, 0.5) is 0 Å². The molecule has 0 radical (unpaired) electrons. The molecule has 0 unspecified atom stereocenters. The largest absolute Gasteiger partial charge is 0.485 e. The number of ether oxygens (including phenoxy) is 1. The Morgan fingerprint density at radius 3 is 3.00 bits per heavy atom. The van der Waals surface area contributed by atoms with Crippen LogP contribution >= 0.6 is 22.9 Å². The highest BCUT2D eigenvalue weighted by molar-refractivity contribution is 7.09. The van der Waals surface area contributed by atoms with Crippen molar-refractivity contribution in [1.82, 2.24) is 4.98 Å². The van der Waals surface area contributed by atoms with E-state index in [1.54, 1.807) is 24.4 Å². The Kier molecular flexibility index (Phi) is 4.01. The molecule has 0 saturated carbocycles.